The van der Waals surface area contributed by atoms with Crippen LogP contribution in [0.5, 0.6) is 0 Å². The van der Waals surface area contributed by atoms with Gasteiger partial charge in [-0.1, -0.05) is 36.0 Å². The first kappa shape index (κ1) is 20.2. The van der Waals surface area contributed by atoms with Crippen molar-refractivity contribution in [2.24, 2.45) is 0 Å². The maximum atomic E-state index is 12.8. The minimum absolute atomic E-state index is 0.120. The number of thioether (sulfide) groups is 1. The van der Waals surface area contributed by atoms with Crippen LogP contribution in [-0.2, 0) is 11.0 Å². The van der Waals surface area contributed by atoms with Crippen LogP contribution in [0.2, 0.25) is 0 Å². The Labute approximate surface area is 174 Å². The van der Waals surface area contributed by atoms with Gasteiger partial charge in [0.1, 0.15) is 0 Å². The molecule has 0 bridgehead atoms. The van der Waals surface area contributed by atoms with Gasteiger partial charge in [-0.2, -0.15) is 13.2 Å². The maximum absolute atomic E-state index is 12.8. The highest BCUT2D eigenvalue weighted by molar-refractivity contribution is 7.99. The van der Waals surface area contributed by atoms with Crippen molar-refractivity contribution in [3.8, 4) is 0 Å². The van der Waals surface area contributed by atoms with E-state index in [9.17, 15) is 18.0 Å². The van der Waals surface area contributed by atoms with Crippen LogP contribution in [0, 0.1) is 6.92 Å². The Morgan fingerprint density at radius 3 is 2.70 bits per heavy atom. The quantitative estimate of drug-likeness (QED) is 0.435. The summed E-state index contributed by atoms with van der Waals surface area (Å²) in [6, 6.07) is 14.5. The third-order valence-corrected chi connectivity index (χ3v) is 5.54. The number of rotatable bonds is 5. The number of alkyl halides is 3. The summed E-state index contributed by atoms with van der Waals surface area (Å²) in [5.41, 5.74) is 2.12. The van der Waals surface area contributed by atoms with E-state index in [0.29, 0.717) is 10.9 Å². The number of aryl methyl sites for hydroxylation is 1. The van der Waals surface area contributed by atoms with E-state index in [1.165, 1.54) is 23.9 Å². The number of nitrogens with zero attached hydrogens (tertiary/aromatic N) is 3. The van der Waals surface area contributed by atoms with Gasteiger partial charge in [-0.05, 0) is 42.8 Å². The lowest BCUT2D eigenvalue weighted by atomic mass is 10.1. The predicted molar refractivity (Wildman–Crippen MR) is 111 cm³/mol. The smallest absolute Gasteiger partial charge is 0.326 e. The van der Waals surface area contributed by atoms with E-state index in [4.69, 9.17) is 0 Å². The summed E-state index contributed by atoms with van der Waals surface area (Å²) in [5.74, 6) is 0.0460. The molecule has 0 saturated heterocycles. The van der Waals surface area contributed by atoms with Gasteiger partial charge < -0.3 is 5.32 Å². The van der Waals surface area contributed by atoms with Gasteiger partial charge in [0.15, 0.2) is 10.8 Å². The molecule has 1 amide bonds. The number of para-hydroxylation sites is 1. The SMILES string of the molecule is Cc1cc2nnc(SCCC(=O)Nc3cccc(C(F)(F)F)c3)n2c2ccccc12. The van der Waals surface area contributed by atoms with Crippen molar-refractivity contribution >= 4 is 39.9 Å². The standard InChI is InChI=1S/C21H17F3N4OS/c1-13-11-18-26-27-20(28(18)17-8-3-2-7-16(13)17)30-10-9-19(29)25-15-6-4-5-14(12-15)21(22,23)24/h2-8,11-12H,9-10H2,1H3,(H,25,29). The molecule has 4 rings (SSSR count). The fourth-order valence-corrected chi connectivity index (χ4v) is 4.09. The summed E-state index contributed by atoms with van der Waals surface area (Å²) in [6.45, 7) is 2.02. The van der Waals surface area contributed by atoms with Gasteiger partial charge in [-0.25, -0.2) is 0 Å². The molecule has 0 spiro atoms. The average molecular weight is 430 g/mol. The number of carbonyl (C=O) groups excluding carboxylic acids is 1. The van der Waals surface area contributed by atoms with E-state index in [2.05, 4.69) is 15.5 Å². The molecule has 0 atom stereocenters. The number of pyridine rings is 1. The Hall–Kier alpha value is -3.07. The van der Waals surface area contributed by atoms with Crippen LogP contribution in [0.4, 0.5) is 18.9 Å². The molecule has 0 aliphatic carbocycles. The summed E-state index contributed by atoms with van der Waals surface area (Å²) >= 11 is 1.37. The summed E-state index contributed by atoms with van der Waals surface area (Å²) < 4.78 is 40.3. The van der Waals surface area contributed by atoms with Crippen molar-refractivity contribution < 1.29 is 18.0 Å². The molecule has 5 nitrogen and oxygen atoms in total. The van der Waals surface area contributed by atoms with Crippen LogP contribution in [0.3, 0.4) is 0 Å². The molecule has 0 radical (unpaired) electrons. The Bertz CT molecular complexity index is 1240. The third kappa shape index (κ3) is 4.11. The Kier molecular flexibility index (Phi) is 5.38. The van der Waals surface area contributed by atoms with Gasteiger partial charge in [0.25, 0.3) is 0 Å². The number of hydrogen-bond donors (Lipinski definition) is 1. The number of anilines is 1. The molecule has 0 aliphatic rings. The molecule has 0 unspecified atom stereocenters. The lowest BCUT2D eigenvalue weighted by molar-refractivity contribution is -0.137. The van der Waals surface area contributed by atoms with Crippen molar-refractivity contribution in [1.82, 2.24) is 14.6 Å². The first-order valence-electron chi connectivity index (χ1n) is 9.16. The molecule has 0 saturated carbocycles. The second-order valence-corrected chi connectivity index (χ2v) is 7.81. The number of hydrogen-bond acceptors (Lipinski definition) is 4. The van der Waals surface area contributed by atoms with Crippen LogP contribution in [-0.4, -0.2) is 26.3 Å². The molecular formula is C21H17F3N4OS. The summed E-state index contributed by atoms with van der Waals surface area (Å²) in [5, 5.41) is 12.7. The van der Waals surface area contributed by atoms with Gasteiger partial charge in [-0.3, -0.25) is 9.20 Å². The fourth-order valence-electron chi connectivity index (χ4n) is 3.20. The van der Waals surface area contributed by atoms with Crippen LogP contribution in [0.15, 0.2) is 59.8 Å². The van der Waals surface area contributed by atoms with Crippen LogP contribution in [0.25, 0.3) is 16.6 Å². The second kappa shape index (κ2) is 7.98. The summed E-state index contributed by atoms with van der Waals surface area (Å²) in [7, 11) is 0. The van der Waals surface area contributed by atoms with Gasteiger partial charge in [-0.15, -0.1) is 10.2 Å². The number of carbonyl (C=O) groups is 1. The molecule has 1 N–H and O–H groups in total. The van der Waals surface area contributed by atoms with Crippen molar-refractivity contribution in [2.75, 3.05) is 11.1 Å². The van der Waals surface area contributed by atoms with E-state index < -0.39 is 11.7 Å². The van der Waals surface area contributed by atoms with E-state index in [1.54, 1.807) is 0 Å². The number of aromatic nitrogens is 3. The van der Waals surface area contributed by atoms with Crippen molar-refractivity contribution in [2.45, 2.75) is 24.7 Å². The van der Waals surface area contributed by atoms with Crippen LogP contribution in [0.1, 0.15) is 17.5 Å². The highest BCUT2D eigenvalue weighted by Gasteiger charge is 2.30. The topological polar surface area (TPSA) is 59.3 Å². The van der Waals surface area contributed by atoms with Gasteiger partial charge >= 0.3 is 6.18 Å². The van der Waals surface area contributed by atoms with E-state index >= 15 is 0 Å². The van der Waals surface area contributed by atoms with E-state index in [1.807, 2.05) is 41.7 Å². The van der Waals surface area contributed by atoms with Crippen molar-refractivity contribution in [3.05, 3.63) is 65.7 Å². The second-order valence-electron chi connectivity index (χ2n) is 6.75. The summed E-state index contributed by atoms with van der Waals surface area (Å²) in [4.78, 5) is 12.2. The Morgan fingerprint density at radius 1 is 1.10 bits per heavy atom. The lowest BCUT2D eigenvalue weighted by Crippen LogP contribution is -2.13. The highest BCUT2D eigenvalue weighted by atomic mass is 32.2. The van der Waals surface area contributed by atoms with Crippen molar-refractivity contribution in [1.29, 1.82) is 0 Å². The predicted octanol–water partition coefficient (Wildman–Crippen LogP) is 5.33. The third-order valence-electron chi connectivity index (χ3n) is 4.61. The number of nitrogens with one attached hydrogen (secondary N) is 1. The molecule has 4 aromatic rings. The maximum Gasteiger partial charge on any atom is 0.416 e. The molecule has 9 heteroatoms. The monoisotopic (exact) mass is 430 g/mol. The number of halogens is 3. The first-order chi connectivity index (χ1) is 14.3. The minimum atomic E-state index is -4.45. The minimum Gasteiger partial charge on any atom is -0.326 e. The average Bonchev–Trinajstić information content (AvgIpc) is 3.10. The molecule has 0 fully saturated rings. The fraction of sp³-hybridized carbons (Fsp3) is 0.190. The molecule has 0 aliphatic heterocycles. The van der Waals surface area contributed by atoms with Gasteiger partial charge in [0, 0.05) is 23.2 Å². The van der Waals surface area contributed by atoms with Crippen LogP contribution >= 0.6 is 11.8 Å². The first-order valence-corrected chi connectivity index (χ1v) is 10.1. The van der Waals surface area contributed by atoms with E-state index in [-0.39, 0.29) is 18.0 Å². The molecular weight excluding hydrogens is 413 g/mol. The van der Waals surface area contributed by atoms with Crippen molar-refractivity contribution in [3.63, 3.8) is 0 Å². The van der Waals surface area contributed by atoms with Crippen LogP contribution < -0.4 is 5.32 Å². The summed E-state index contributed by atoms with van der Waals surface area (Å²) in [6.07, 6.45) is -4.33. The molecule has 2 heterocycles. The Balaban J connectivity index is 1.44. The molecule has 154 valence electrons. The number of fused-ring (bicyclic) bond motifs is 3. The van der Waals surface area contributed by atoms with Gasteiger partial charge in [0.05, 0.1) is 11.1 Å². The van der Waals surface area contributed by atoms with E-state index in [0.717, 1.165) is 34.2 Å². The van der Waals surface area contributed by atoms with Gasteiger partial charge in [0.2, 0.25) is 5.91 Å². The largest absolute Gasteiger partial charge is 0.416 e. The Morgan fingerprint density at radius 2 is 1.90 bits per heavy atom. The zero-order chi connectivity index (χ0) is 21.3. The zero-order valence-electron chi connectivity index (χ0n) is 15.9. The highest BCUT2D eigenvalue weighted by Crippen LogP contribution is 2.31. The lowest BCUT2D eigenvalue weighted by Gasteiger charge is -2.10. The normalized spacial score (nSPS) is 11.9. The molecule has 30 heavy (non-hydrogen) atoms. The number of amides is 1. The molecule has 2 aromatic heterocycles. The number of benzene rings is 2. The zero-order valence-corrected chi connectivity index (χ0v) is 16.7. The molecule has 2 aromatic carbocycles.